The van der Waals surface area contributed by atoms with Crippen molar-refractivity contribution in [3.05, 3.63) is 65.4 Å². The molecule has 0 spiro atoms. The van der Waals surface area contributed by atoms with Crippen molar-refractivity contribution in [3.8, 4) is 5.75 Å². The molecule has 0 aliphatic carbocycles. The van der Waals surface area contributed by atoms with Crippen molar-refractivity contribution in [2.75, 3.05) is 7.05 Å². The fourth-order valence-electron chi connectivity index (χ4n) is 3.70. The number of aromatic hydroxyl groups is 1. The molecule has 8 nitrogen and oxygen atoms in total. The van der Waals surface area contributed by atoms with Crippen LogP contribution in [0.4, 0.5) is 0 Å². The second-order valence-electron chi connectivity index (χ2n) is 7.68. The highest BCUT2D eigenvalue weighted by atomic mass is 16.5. The van der Waals surface area contributed by atoms with Crippen LogP contribution in [0.1, 0.15) is 34.5 Å². The van der Waals surface area contributed by atoms with Crippen LogP contribution in [0.25, 0.3) is 10.9 Å². The Morgan fingerprint density at radius 3 is 2.47 bits per heavy atom. The second-order valence-corrected chi connectivity index (χ2v) is 7.68. The molecule has 32 heavy (non-hydrogen) atoms. The van der Waals surface area contributed by atoms with E-state index in [-0.39, 0.29) is 25.2 Å². The molecular weight excluding hydrogens is 412 g/mol. The molecule has 8 heteroatoms. The lowest BCUT2D eigenvalue weighted by Gasteiger charge is -2.26. The molecule has 0 radical (unpaired) electrons. The molecule has 3 rings (SSSR count). The summed E-state index contributed by atoms with van der Waals surface area (Å²) in [7, 11) is 3.27. The Morgan fingerprint density at radius 1 is 1.12 bits per heavy atom. The van der Waals surface area contributed by atoms with Gasteiger partial charge in [0.25, 0.3) is 5.91 Å². The maximum Gasteiger partial charge on any atom is 0.329 e. The number of likely N-dealkylation sites (N-methyl/N-ethyl adjacent to an activating group) is 1. The minimum absolute atomic E-state index is 0.0181. The van der Waals surface area contributed by atoms with Crippen molar-refractivity contribution < 1.29 is 29.3 Å². The van der Waals surface area contributed by atoms with E-state index in [0.29, 0.717) is 16.6 Å². The van der Waals surface area contributed by atoms with Gasteiger partial charge in [0.05, 0.1) is 5.56 Å². The minimum Gasteiger partial charge on any atom is -0.508 e. The van der Waals surface area contributed by atoms with Crippen LogP contribution in [0, 0.1) is 6.92 Å². The molecule has 3 aromatic rings. The molecular formula is C24H26N2O6. The first-order valence-electron chi connectivity index (χ1n) is 10.2. The number of hydrogen-bond acceptors (Lipinski definition) is 5. The van der Waals surface area contributed by atoms with E-state index < -0.39 is 23.9 Å². The van der Waals surface area contributed by atoms with Crippen LogP contribution < -0.4 is 0 Å². The standard InChI is InChI=1S/C24H26N2O6/c1-15-22(18-13-17(27)9-10-19(18)25(15)2)23(30)26(3)20(11-12-21(28)29)24(31)32-14-16-7-5-4-6-8-16/h4-10,13,20,27H,11-12,14H2,1-3H3,(H,28,29)/t20-/m0/s1. The zero-order valence-corrected chi connectivity index (χ0v) is 18.2. The molecule has 0 fully saturated rings. The molecule has 168 valence electrons. The average molecular weight is 438 g/mol. The van der Waals surface area contributed by atoms with Gasteiger partial charge in [0.2, 0.25) is 0 Å². The number of carbonyl (C=O) groups is 3. The lowest BCUT2D eigenvalue weighted by Crippen LogP contribution is -2.43. The number of carboxylic acid groups (broad SMARTS) is 1. The monoisotopic (exact) mass is 438 g/mol. The Bertz CT molecular complexity index is 1150. The number of carboxylic acids is 1. The molecule has 1 amide bonds. The van der Waals surface area contributed by atoms with Gasteiger partial charge < -0.3 is 24.4 Å². The lowest BCUT2D eigenvalue weighted by atomic mass is 10.1. The first-order chi connectivity index (χ1) is 15.2. The number of fused-ring (bicyclic) bond motifs is 1. The summed E-state index contributed by atoms with van der Waals surface area (Å²) in [6.45, 7) is 1.80. The van der Waals surface area contributed by atoms with Crippen LogP contribution in [0.3, 0.4) is 0 Å². The Kier molecular flexibility index (Phi) is 6.82. The molecule has 0 unspecified atom stereocenters. The molecule has 0 bridgehead atoms. The zero-order chi connectivity index (χ0) is 23.4. The largest absolute Gasteiger partial charge is 0.508 e. The molecule has 0 saturated carbocycles. The van der Waals surface area contributed by atoms with Gasteiger partial charge in [-0.05, 0) is 37.1 Å². The Hall–Kier alpha value is -3.81. The van der Waals surface area contributed by atoms with Gasteiger partial charge in [0.15, 0.2) is 0 Å². The second kappa shape index (κ2) is 9.55. The Labute approximate surface area is 185 Å². The third-order valence-corrected chi connectivity index (χ3v) is 5.61. The summed E-state index contributed by atoms with van der Waals surface area (Å²) in [6.07, 6.45) is -0.377. The number of phenols is 1. The highest BCUT2D eigenvalue weighted by Gasteiger charge is 2.32. The number of esters is 1. The summed E-state index contributed by atoms with van der Waals surface area (Å²) in [5.74, 6) is -2.18. The number of phenolic OH excluding ortho intramolecular Hbond substituents is 1. The van der Waals surface area contributed by atoms with Crippen molar-refractivity contribution >= 4 is 28.7 Å². The first kappa shape index (κ1) is 22.9. The van der Waals surface area contributed by atoms with Gasteiger partial charge in [0, 0.05) is 37.1 Å². The van der Waals surface area contributed by atoms with Crippen molar-refractivity contribution in [2.45, 2.75) is 32.4 Å². The van der Waals surface area contributed by atoms with E-state index in [1.54, 1.807) is 25.1 Å². The van der Waals surface area contributed by atoms with Gasteiger partial charge in [-0.15, -0.1) is 0 Å². The van der Waals surface area contributed by atoms with Crippen molar-refractivity contribution in [1.29, 1.82) is 0 Å². The number of ether oxygens (including phenoxy) is 1. The van der Waals surface area contributed by atoms with Crippen LogP contribution in [0.5, 0.6) is 5.75 Å². The summed E-state index contributed by atoms with van der Waals surface area (Å²) < 4.78 is 7.23. The molecule has 1 atom stereocenters. The fraction of sp³-hybridized carbons (Fsp3) is 0.292. The number of aromatic nitrogens is 1. The smallest absolute Gasteiger partial charge is 0.329 e. The number of carbonyl (C=O) groups excluding carboxylic acids is 2. The molecule has 0 aliphatic heterocycles. The maximum atomic E-state index is 13.4. The lowest BCUT2D eigenvalue weighted by molar-refractivity contribution is -0.150. The van der Waals surface area contributed by atoms with Gasteiger partial charge in [-0.1, -0.05) is 30.3 Å². The normalized spacial score (nSPS) is 11.8. The third kappa shape index (κ3) is 4.74. The zero-order valence-electron chi connectivity index (χ0n) is 18.2. The van der Waals surface area contributed by atoms with Gasteiger partial charge >= 0.3 is 11.9 Å². The van der Waals surface area contributed by atoms with E-state index in [4.69, 9.17) is 9.84 Å². The fourth-order valence-corrected chi connectivity index (χ4v) is 3.70. The van der Waals surface area contributed by atoms with Crippen molar-refractivity contribution in [3.63, 3.8) is 0 Å². The van der Waals surface area contributed by atoms with Crippen LogP contribution in [0.15, 0.2) is 48.5 Å². The molecule has 1 heterocycles. The van der Waals surface area contributed by atoms with Crippen LogP contribution in [0.2, 0.25) is 0 Å². The van der Waals surface area contributed by atoms with E-state index in [1.165, 1.54) is 24.1 Å². The van der Waals surface area contributed by atoms with Crippen LogP contribution in [-0.2, 0) is 28.0 Å². The van der Waals surface area contributed by atoms with Crippen molar-refractivity contribution in [1.82, 2.24) is 9.47 Å². The molecule has 1 aromatic heterocycles. The number of rotatable bonds is 8. The Balaban J connectivity index is 1.89. The average Bonchev–Trinajstić information content (AvgIpc) is 3.01. The predicted octanol–water partition coefficient (Wildman–Crippen LogP) is 3.24. The minimum atomic E-state index is -1.07. The predicted molar refractivity (Wildman–Crippen MR) is 118 cm³/mol. The molecule has 2 N–H and O–H groups in total. The van der Waals surface area contributed by atoms with Gasteiger partial charge in [-0.2, -0.15) is 0 Å². The molecule has 2 aromatic carbocycles. The number of aliphatic carboxylic acids is 1. The third-order valence-electron chi connectivity index (χ3n) is 5.61. The topological polar surface area (TPSA) is 109 Å². The van der Waals surface area contributed by atoms with Gasteiger partial charge in [-0.3, -0.25) is 9.59 Å². The SMILES string of the molecule is Cc1c(C(=O)N(C)[C@@H](CCC(=O)O)C(=O)OCc2ccccc2)c2cc(O)ccc2n1C. The summed E-state index contributed by atoms with van der Waals surface area (Å²) >= 11 is 0. The number of nitrogens with zero attached hydrogens (tertiary/aromatic N) is 2. The number of aryl methyl sites for hydroxylation is 1. The van der Waals surface area contributed by atoms with E-state index in [1.807, 2.05) is 29.8 Å². The Morgan fingerprint density at radius 2 is 1.81 bits per heavy atom. The van der Waals surface area contributed by atoms with E-state index in [9.17, 15) is 19.5 Å². The van der Waals surface area contributed by atoms with Crippen LogP contribution in [-0.4, -0.2) is 50.6 Å². The number of hydrogen-bond donors (Lipinski definition) is 2. The molecule has 0 saturated heterocycles. The van der Waals surface area contributed by atoms with Crippen LogP contribution >= 0.6 is 0 Å². The number of amides is 1. The molecule has 0 aliphatic rings. The summed E-state index contributed by atoms with van der Waals surface area (Å²) in [4.78, 5) is 38.7. The van der Waals surface area contributed by atoms with Gasteiger partial charge in [-0.25, -0.2) is 4.79 Å². The van der Waals surface area contributed by atoms with E-state index >= 15 is 0 Å². The highest BCUT2D eigenvalue weighted by molar-refractivity contribution is 6.09. The summed E-state index contributed by atoms with van der Waals surface area (Å²) in [5, 5.41) is 19.6. The maximum absolute atomic E-state index is 13.4. The summed E-state index contributed by atoms with van der Waals surface area (Å²) in [5.41, 5.74) is 2.55. The first-order valence-corrected chi connectivity index (χ1v) is 10.2. The van der Waals surface area contributed by atoms with Crippen molar-refractivity contribution in [2.24, 2.45) is 7.05 Å². The van der Waals surface area contributed by atoms with Gasteiger partial charge in [0.1, 0.15) is 18.4 Å². The number of benzene rings is 2. The van der Waals surface area contributed by atoms with E-state index in [2.05, 4.69) is 0 Å². The quantitative estimate of drug-likeness (QED) is 0.523. The highest BCUT2D eigenvalue weighted by Crippen LogP contribution is 2.29. The van der Waals surface area contributed by atoms with E-state index in [0.717, 1.165) is 11.1 Å². The summed E-state index contributed by atoms with van der Waals surface area (Å²) in [6, 6.07) is 12.8.